The number of aryl methyl sites for hydroxylation is 1. The predicted octanol–water partition coefficient (Wildman–Crippen LogP) is 4.60. The van der Waals surface area contributed by atoms with E-state index in [9.17, 15) is 0 Å². The van der Waals surface area contributed by atoms with Crippen LogP contribution in [0.15, 0.2) is 34.8 Å². The standard InChI is InChI=1S/C14H11BrClN3/c1-2-11-10-7-12(16)18-14(10)19-13(17-11)8-3-5-9(15)6-4-8/h3-7H,2H2,1H3,(H,17,18,19). The summed E-state index contributed by atoms with van der Waals surface area (Å²) < 4.78 is 1.04. The summed E-state index contributed by atoms with van der Waals surface area (Å²) in [6, 6.07) is 9.83. The highest BCUT2D eigenvalue weighted by Crippen LogP contribution is 2.25. The summed E-state index contributed by atoms with van der Waals surface area (Å²) in [7, 11) is 0. The molecule has 0 saturated carbocycles. The zero-order chi connectivity index (χ0) is 13.4. The third-order valence-corrected chi connectivity index (χ3v) is 3.70. The van der Waals surface area contributed by atoms with Crippen molar-refractivity contribution in [1.82, 2.24) is 15.0 Å². The number of nitrogens with zero attached hydrogens (tertiary/aromatic N) is 2. The zero-order valence-electron chi connectivity index (χ0n) is 10.2. The Morgan fingerprint density at radius 1 is 1.21 bits per heavy atom. The number of aromatic amines is 1. The molecule has 0 aliphatic rings. The van der Waals surface area contributed by atoms with Crippen molar-refractivity contribution in [3.63, 3.8) is 0 Å². The topological polar surface area (TPSA) is 41.6 Å². The van der Waals surface area contributed by atoms with Gasteiger partial charge in [0, 0.05) is 15.4 Å². The predicted molar refractivity (Wildman–Crippen MR) is 81.4 cm³/mol. The molecule has 3 rings (SSSR count). The Kier molecular flexibility index (Phi) is 3.29. The van der Waals surface area contributed by atoms with Crippen molar-refractivity contribution in [2.75, 3.05) is 0 Å². The number of rotatable bonds is 2. The fourth-order valence-corrected chi connectivity index (χ4v) is 2.50. The van der Waals surface area contributed by atoms with E-state index in [1.54, 1.807) is 0 Å². The fraction of sp³-hybridized carbons (Fsp3) is 0.143. The molecule has 0 radical (unpaired) electrons. The van der Waals surface area contributed by atoms with Crippen LogP contribution in [0.25, 0.3) is 22.4 Å². The average Bonchev–Trinajstić information content (AvgIpc) is 2.78. The molecule has 1 aromatic carbocycles. The van der Waals surface area contributed by atoms with E-state index >= 15 is 0 Å². The lowest BCUT2D eigenvalue weighted by atomic mass is 10.2. The number of fused-ring (bicyclic) bond motifs is 1. The van der Waals surface area contributed by atoms with E-state index < -0.39 is 0 Å². The van der Waals surface area contributed by atoms with Gasteiger partial charge in [-0.15, -0.1) is 0 Å². The Hall–Kier alpha value is -1.39. The maximum Gasteiger partial charge on any atom is 0.161 e. The molecule has 0 amide bonds. The van der Waals surface area contributed by atoms with Crippen molar-refractivity contribution in [3.05, 3.63) is 45.7 Å². The van der Waals surface area contributed by atoms with Crippen LogP contribution in [-0.4, -0.2) is 15.0 Å². The molecule has 0 saturated heterocycles. The van der Waals surface area contributed by atoms with Crippen LogP contribution in [0.5, 0.6) is 0 Å². The molecule has 96 valence electrons. The first kappa shape index (κ1) is 12.6. The molecule has 3 aromatic rings. The molecule has 5 heteroatoms. The van der Waals surface area contributed by atoms with Crippen LogP contribution in [-0.2, 0) is 6.42 Å². The first-order chi connectivity index (χ1) is 9.17. The lowest BCUT2D eigenvalue weighted by Gasteiger charge is -2.04. The van der Waals surface area contributed by atoms with Crippen molar-refractivity contribution in [2.45, 2.75) is 13.3 Å². The van der Waals surface area contributed by atoms with E-state index in [4.69, 9.17) is 11.6 Å². The minimum atomic E-state index is 0.590. The van der Waals surface area contributed by atoms with Crippen LogP contribution in [0.2, 0.25) is 5.15 Å². The molecule has 0 aliphatic heterocycles. The number of nitrogens with one attached hydrogen (secondary N) is 1. The van der Waals surface area contributed by atoms with E-state index in [2.05, 4.69) is 37.8 Å². The van der Waals surface area contributed by atoms with Gasteiger partial charge in [-0.1, -0.05) is 46.6 Å². The summed E-state index contributed by atoms with van der Waals surface area (Å²) in [5.74, 6) is 0.718. The van der Waals surface area contributed by atoms with Gasteiger partial charge in [-0.05, 0) is 24.6 Å². The first-order valence-corrected chi connectivity index (χ1v) is 7.15. The minimum absolute atomic E-state index is 0.590. The first-order valence-electron chi connectivity index (χ1n) is 5.98. The Bertz CT molecular complexity index is 734. The molecule has 19 heavy (non-hydrogen) atoms. The molecule has 0 atom stereocenters. The van der Waals surface area contributed by atoms with Gasteiger partial charge < -0.3 is 4.98 Å². The summed E-state index contributed by atoms with van der Waals surface area (Å²) in [5.41, 5.74) is 2.78. The second kappa shape index (κ2) is 4.94. The lowest BCUT2D eigenvalue weighted by molar-refractivity contribution is 1.03. The third-order valence-electron chi connectivity index (χ3n) is 2.97. The van der Waals surface area contributed by atoms with E-state index in [-0.39, 0.29) is 0 Å². The van der Waals surface area contributed by atoms with Crippen LogP contribution < -0.4 is 0 Å². The van der Waals surface area contributed by atoms with Gasteiger partial charge in [0.15, 0.2) is 5.82 Å². The Morgan fingerprint density at radius 3 is 2.63 bits per heavy atom. The Labute approximate surface area is 124 Å². The number of H-pyrrole nitrogens is 1. The van der Waals surface area contributed by atoms with Crippen LogP contribution in [0.1, 0.15) is 12.6 Å². The van der Waals surface area contributed by atoms with E-state index in [1.165, 1.54) is 0 Å². The summed E-state index contributed by atoms with van der Waals surface area (Å²) in [6.07, 6.45) is 0.844. The SMILES string of the molecule is CCc1nc(-c2ccc(Br)cc2)nc2[nH]c(Cl)cc12. The molecule has 3 nitrogen and oxygen atoms in total. The van der Waals surface area contributed by atoms with E-state index in [1.807, 2.05) is 30.3 Å². The van der Waals surface area contributed by atoms with Gasteiger partial charge >= 0.3 is 0 Å². The van der Waals surface area contributed by atoms with Crippen molar-refractivity contribution in [1.29, 1.82) is 0 Å². The summed E-state index contributed by atoms with van der Waals surface area (Å²) in [5, 5.41) is 1.58. The highest BCUT2D eigenvalue weighted by molar-refractivity contribution is 9.10. The summed E-state index contributed by atoms with van der Waals surface area (Å²) in [6.45, 7) is 2.08. The number of benzene rings is 1. The Balaban J connectivity index is 2.21. The number of hydrogen-bond acceptors (Lipinski definition) is 2. The van der Waals surface area contributed by atoms with Crippen LogP contribution in [0, 0.1) is 0 Å². The molecular weight excluding hydrogens is 326 g/mol. The van der Waals surface area contributed by atoms with Crippen LogP contribution in [0.3, 0.4) is 0 Å². The van der Waals surface area contributed by atoms with Crippen molar-refractivity contribution < 1.29 is 0 Å². The van der Waals surface area contributed by atoms with Crippen LogP contribution >= 0.6 is 27.5 Å². The maximum absolute atomic E-state index is 6.00. The fourth-order valence-electron chi connectivity index (χ4n) is 2.04. The highest BCUT2D eigenvalue weighted by atomic mass is 79.9. The normalized spacial score (nSPS) is 11.1. The average molecular weight is 337 g/mol. The van der Waals surface area contributed by atoms with E-state index in [0.29, 0.717) is 5.15 Å². The molecule has 0 spiro atoms. The van der Waals surface area contributed by atoms with Gasteiger partial charge in [0.05, 0.1) is 5.69 Å². The molecule has 2 heterocycles. The van der Waals surface area contributed by atoms with Crippen molar-refractivity contribution >= 4 is 38.6 Å². The lowest BCUT2D eigenvalue weighted by Crippen LogP contribution is -1.95. The molecule has 0 fully saturated rings. The molecule has 0 unspecified atom stereocenters. The van der Waals surface area contributed by atoms with Gasteiger partial charge in [-0.3, -0.25) is 0 Å². The maximum atomic E-state index is 6.00. The monoisotopic (exact) mass is 335 g/mol. The van der Waals surface area contributed by atoms with Gasteiger partial charge in [0.1, 0.15) is 10.8 Å². The second-order valence-corrected chi connectivity index (χ2v) is 5.56. The van der Waals surface area contributed by atoms with Gasteiger partial charge in [0.2, 0.25) is 0 Å². The number of halogens is 2. The van der Waals surface area contributed by atoms with Crippen molar-refractivity contribution in [2.24, 2.45) is 0 Å². The zero-order valence-corrected chi connectivity index (χ0v) is 12.6. The summed E-state index contributed by atoms with van der Waals surface area (Å²) in [4.78, 5) is 12.2. The third kappa shape index (κ3) is 2.38. The molecular formula is C14H11BrClN3. The van der Waals surface area contributed by atoms with E-state index in [0.717, 1.165) is 39.0 Å². The van der Waals surface area contributed by atoms with Gasteiger partial charge in [-0.2, -0.15) is 0 Å². The Morgan fingerprint density at radius 2 is 1.95 bits per heavy atom. The smallest absolute Gasteiger partial charge is 0.161 e. The van der Waals surface area contributed by atoms with Gasteiger partial charge in [-0.25, -0.2) is 9.97 Å². The van der Waals surface area contributed by atoms with Gasteiger partial charge in [0.25, 0.3) is 0 Å². The molecule has 1 N–H and O–H groups in total. The number of aromatic nitrogens is 3. The summed E-state index contributed by atoms with van der Waals surface area (Å²) >= 11 is 9.43. The molecule has 0 aliphatic carbocycles. The molecule has 2 aromatic heterocycles. The second-order valence-electron chi connectivity index (χ2n) is 4.23. The van der Waals surface area contributed by atoms with Crippen molar-refractivity contribution in [3.8, 4) is 11.4 Å². The largest absolute Gasteiger partial charge is 0.330 e. The highest BCUT2D eigenvalue weighted by Gasteiger charge is 2.10. The van der Waals surface area contributed by atoms with Crippen LogP contribution in [0.4, 0.5) is 0 Å². The number of hydrogen-bond donors (Lipinski definition) is 1. The minimum Gasteiger partial charge on any atom is -0.330 e. The molecule has 0 bridgehead atoms. The quantitative estimate of drug-likeness (QED) is 0.743.